The monoisotopic (exact) mass is 232 g/mol. The molecule has 1 aromatic heterocycles. The average molecular weight is 232 g/mol. The fourth-order valence-electron chi connectivity index (χ4n) is 1.42. The summed E-state index contributed by atoms with van der Waals surface area (Å²) < 4.78 is 13.3. The largest absolute Gasteiger partial charge is 0.366 e. The number of hydrogen-bond donors (Lipinski definition) is 2. The zero-order chi connectivity index (χ0) is 12.1. The van der Waals surface area contributed by atoms with Crippen molar-refractivity contribution in [1.29, 1.82) is 0 Å². The Bertz CT molecular complexity index is 501. The summed E-state index contributed by atoms with van der Waals surface area (Å²) in [5.41, 5.74) is 6.03. The number of anilines is 1. The van der Waals surface area contributed by atoms with E-state index in [1.165, 1.54) is 6.07 Å². The lowest BCUT2D eigenvalue weighted by Crippen LogP contribution is -2.07. The predicted octanol–water partition coefficient (Wildman–Crippen LogP) is 1.69. The maximum Gasteiger partial charge on any atom is 0.144 e. The van der Waals surface area contributed by atoms with Crippen molar-refractivity contribution in [2.45, 2.75) is 13.1 Å². The Hall–Kier alpha value is -2.01. The van der Waals surface area contributed by atoms with Gasteiger partial charge < -0.3 is 11.1 Å². The smallest absolute Gasteiger partial charge is 0.144 e. The standard InChI is InChI=1S/C12H13FN4/c13-10-4-2-1-3-9(10)8-16-11-5-6-15-12(7-14)17-11/h1-6H,7-8,14H2,(H,15,16,17). The first-order valence-electron chi connectivity index (χ1n) is 5.29. The first-order valence-corrected chi connectivity index (χ1v) is 5.29. The molecule has 0 saturated heterocycles. The Labute approximate surface area is 98.7 Å². The van der Waals surface area contributed by atoms with Gasteiger partial charge in [0.05, 0.1) is 6.54 Å². The minimum Gasteiger partial charge on any atom is -0.366 e. The van der Waals surface area contributed by atoms with Crippen molar-refractivity contribution in [2.75, 3.05) is 5.32 Å². The van der Waals surface area contributed by atoms with Gasteiger partial charge in [0.25, 0.3) is 0 Å². The molecule has 0 amide bonds. The minimum absolute atomic E-state index is 0.229. The van der Waals surface area contributed by atoms with Crippen LogP contribution in [-0.4, -0.2) is 9.97 Å². The van der Waals surface area contributed by atoms with E-state index in [4.69, 9.17) is 5.73 Å². The minimum atomic E-state index is -0.229. The lowest BCUT2D eigenvalue weighted by Gasteiger charge is -2.07. The van der Waals surface area contributed by atoms with E-state index in [0.29, 0.717) is 23.8 Å². The Kier molecular flexibility index (Phi) is 3.62. The van der Waals surface area contributed by atoms with Gasteiger partial charge in [0.15, 0.2) is 0 Å². The second-order valence-electron chi connectivity index (χ2n) is 3.51. The summed E-state index contributed by atoms with van der Waals surface area (Å²) in [6.07, 6.45) is 1.62. The van der Waals surface area contributed by atoms with E-state index >= 15 is 0 Å². The van der Waals surface area contributed by atoms with Crippen LogP contribution in [0, 0.1) is 5.82 Å². The van der Waals surface area contributed by atoms with Crippen LogP contribution in [0.4, 0.5) is 10.2 Å². The van der Waals surface area contributed by atoms with Crippen LogP contribution in [0.5, 0.6) is 0 Å². The molecule has 4 nitrogen and oxygen atoms in total. The van der Waals surface area contributed by atoms with E-state index in [1.54, 1.807) is 30.5 Å². The number of nitrogens with two attached hydrogens (primary N) is 1. The van der Waals surface area contributed by atoms with Gasteiger partial charge in [0, 0.05) is 18.3 Å². The molecule has 88 valence electrons. The molecule has 2 rings (SSSR count). The van der Waals surface area contributed by atoms with Crippen LogP contribution in [0.2, 0.25) is 0 Å². The van der Waals surface area contributed by atoms with E-state index < -0.39 is 0 Å². The molecule has 0 atom stereocenters. The van der Waals surface area contributed by atoms with E-state index in [2.05, 4.69) is 15.3 Å². The quantitative estimate of drug-likeness (QED) is 0.842. The zero-order valence-corrected chi connectivity index (χ0v) is 9.23. The van der Waals surface area contributed by atoms with Crippen molar-refractivity contribution in [3.05, 3.63) is 53.7 Å². The summed E-state index contributed by atoms with van der Waals surface area (Å²) in [4.78, 5) is 8.15. The van der Waals surface area contributed by atoms with Crippen LogP contribution in [-0.2, 0) is 13.1 Å². The van der Waals surface area contributed by atoms with Gasteiger partial charge in [0.2, 0.25) is 0 Å². The van der Waals surface area contributed by atoms with Crippen molar-refractivity contribution in [1.82, 2.24) is 9.97 Å². The molecule has 0 bridgehead atoms. The van der Waals surface area contributed by atoms with Crippen molar-refractivity contribution in [3.8, 4) is 0 Å². The molecule has 17 heavy (non-hydrogen) atoms. The Morgan fingerprint density at radius 2 is 2.06 bits per heavy atom. The highest BCUT2D eigenvalue weighted by atomic mass is 19.1. The fourth-order valence-corrected chi connectivity index (χ4v) is 1.42. The number of aromatic nitrogens is 2. The SMILES string of the molecule is NCc1nccc(NCc2ccccc2F)n1. The number of hydrogen-bond acceptors (Lipinski definition) is 4. The highest BCUT2D eigenvalue weighted by Gasteiger charge is 2.01. The van der Waals surface area contributed by atoms with Gasteiger partial charge in [-0.15, -0.1) is 0 Å². The van der Waals surface area contributed by atoms with Crippen LogP contribution in [0.15, 0.2) is 36.5 Å². The summed E-state index contributed by atoms with van der Waals surface area (Å²) in [5.74, 6) is 0.973. The van der Waals surface area contributed by atoms with Crippen LogP contribution in [0.3, 0.4) is 0 Å². The third-order valence-electron chi connectivity index (χ3n) is 2.31. The van der Waals surface area contributed by atoms with Crippen LogP contribution < -0.4 is 11.1 Å². The molecule has 0 radical (unpaired) electrons. The summed E-state index contributed by atoms with van der Waals surface area (Å²) >= 11 is 0. The van der Waals surface area contributed by atoms with Crippen LogP contribution >= 0.6 is 0 Å². The summed E-state index contributed by atoms with van der Waals surface area (Å²) in [7, 11) is 0. The maximum absolute atomic E-state index is 13.3. The number of nitrogens with zero attached hydrogens (tertiary/aromatic N) is 2. The molecule has 5 heteroatoms. The molecule has 1 heterocycles. The van der Waals surface area contributed by atoms with Crippen LogP contribution in [0.25, 0.3) is 0 Å². The van der Waals surface area contributed by atoms with Gasteiger partial charge in [-0.05, 0) is 12.1 Å². The Morgan fingerprint density at radius 1 is 1.24 bits per heavy atom. The molecule has 1 aromatic carbocycles. The zero-order valence-electron chi connectivity index (χ0n) is 9.23. The van der Waals surface area contributed by atoms with E-state index in [1.807, 2.05) is 0 Å². The molecule has 0 unspecified atom stereocenters. The van der Waals surface area contributed by atoms with Gasteiger partial charge >= 0.3 is 0 Å². The molecule has 0 aliphatic rings. The van der Waals surface area contributed by atoms with Gasteiger partial charge in [-0.3, -0.25) is 0 Å². The first kappa shape index (κ1) is 11.5. The van der Waals surface area contributed by atoms with Crippen molar-refractivity contribution < 1.29 is 4.39 Å². The summed E-state index contributed by atoms with van der Waals surface area (Å²) in [6, 6.07) is 8.34. The second-order valence-corrected chi connectivity index (χ2v) is 3.51. The average Bonchev–Trinajstić information content (AvgIpc) is 2.38. The van der Waals surface area contributed by atoms with Gasteiger partial charge in [0.1, 0.15) is 17.5 Å². The maximum atomic E-state index is 13.3. The lowest BCUT2D eigenvalue weighted by atomic mass is 10.2. The molecule has 0 saturated carbocycles. The molecule has 0 spiro atoms. The first-order chi connectivity index (χ1) is 8.29. The Morgan fingerprint density at radius 3 is 2.82 bits per heavy atom. The van der Waals surface area contributed by atoms with Crippen LogP contribution in [0.1, 0.15) is 11.4 Å². The number of halogens is 1. The Balaban J connectivity index is 2.05. The van der Waals surface area contributed by atoms with Gasteiger partial charge in [-0.1, -0.05) is 18.2 Å². The van der Waals surface area contributed by atoms with E-state index in [9.17, 15) is 4.39 Å². The molecular weight excluding hydrogens is 219 g/mol. The summed E-state index contributed by atoms with van der Waals surface area (Å²) in [5, 5.41) is 3.03. The van der Waals surface area contributed by atoms with Gasteiger partial charge in [-0.2, -0.15) is 0 Å². The van der Waals surface area contributed by atoms with Gasteiger partial charge in [-0.25, -0.2) is 14.4 Å². The molecule has 2 aromatic rings. The molecule has 0 aliphatic carbocycles. The van der Waals surface area contributed by atoms with E-state index in [-0.39, 0.29) is 12.4 Å². The number of benzene rings is 1. The summed E-state index contributed by atoms with van der Waals surface area (Å²) in [6.45, 7) is 0.670. The third-order valence-corrected chi connectivity index (χ3v) is 2.31. The van der Waals surface area contributed by atoms with E-state index in [0.717, 1.165) is 0 Å². The molecular formula is C12H13FN4. The fraction of sp³-hybridized carbons (Fsp3) is 0.167. The second kappa shape index (κ2) is 5.36. The number of nitrogens with one attached hydrogen (secondary N) is 1. The number of rotatable bonds is 4. The van der Waals surface area contributed by atoms with Crippen molar-refractivity contribution in [2.24, 2.45) is 5.73 Å². The molecule has 0 fully saturated rings. The normalized spacial score (nSPS) is 10.2. The third kappa shape index (κ3) is 2.98. The van der Waals surface area contributed by atoms with Crippen molar-refractivity contribution >= 4 is 5.82 Å². The topological polar surface area (TPSA) is 63.8 Å². The molecule has 3 N–H and O–H groups in total. The predicted molar refractivity (Wildman–Crippen MR) is 63.7 cm³/mol. The highest BCUT2D eigenvalue weighted by Crippen LogP contribution is 2.09. The lowest BCUT2D eigenvalue weighted by molar-refractivity contribution is 0.613. The molecule has 0 aliphatic heterocycles. The highest BCUT2D eigenvalue weighted by molar-refractivity contribution is 5.34. The van der Waals surface area contributed by atoms with Crippen molar-refractivity contribution in [3.63, 3.8) is 0 Å².